The normalized spacial score (nSPS) is 19.6. The molecule has 0 aliphatic carbocycles. The van der Waals surface area contributed by atoms with Crippen LogP contribution in [0.15, 0.2) is 24.3 Å². The Kier molecular flexibility index (Phi) is 3.77. The largest absolute Gasteiger partial charge is 0.399 e. The van der Waals surface area contributed by atoms with Gasteiger partial charge in [0.1, 0.15) is 0 Å². The third-order valence-electron chi connectivity index (χ3n) is 2.75. The van der Waals surface area contributed by atoms with Gasteiger partial charge in [-0.3, -0.25) is 4.84 Å². The van der Waals surface area contributed by atoms with E-state index < -0.39 is 6.10 Å². The van der Waals surface area contributed by atoms with Crippen molar-refractivity contribution in [3.8, 4) is 0 Å². The van der Waals surface area contributed by atoms with Gasteiger partial charge in [0.25, 0.3) is 0 Å². The van der Waals surface area contributed by atoms with E-state index in [0.29, 0.717) is 12.2 Å². The molecule has 0 spiro atoms. The second-order valence-electron chi connectivity index (χ2n) is 4.11. The molecule has 0 amide bonds. The van der Waals surface area contributed by atoms with Crippen LogP contribution in [0.1, 0.15) is 24.5 Å². The molecule has 1 aliphatic rings. The summed E-state index contributed by atoms with van der Waals surface area (Å²) in [6.07, 6.45) is 1.69. The Hall–Kier alpha value is -1.10. The van der Waals surface area contributed by atoms with Crippen LogP contribution in [0, 0.1) is 0 Å². The quantitative estimate of drug-likeness (QED) is 0.757. The van der Waals surface area contributed by atoms with Crippen molar-refractivity contribution in [2.24, 2.45) is 0 Å². The molecule has 1 atom stereocenters. The first-order valence-electron chi connectivity index (χ1n) is 5.67. The Morgan fingerprint density at radius 1 is 1.44 bits per heavy atom. The van der Waals surface area contributed by atoms with Crippen molar-refractivity contribution in [3.05, 3.63) is 29.8 Å². The van der Waals surface area contributed by atoms with Crippen molar-refractivity contribution in [1.29, 1.82) is 0 Å². The standard InChI is InChI=1S/C12H18N2O2/c13-11-5-3-4-10(8-11)12(15)9-14-6-1-2-7-16-14/h3-5,8,12,15H,1-2,6-7,9,13H2. The molecule has 1 heterocycles. The SMILES string of the molecule is Nc1cccc(C(O)CN2CCCCO2)c1. The van der Waals surface area contributed by atoms with Crippen LogP contribution in [0.4, 0.5) is 5.69 Å². The second-order valence-corrected chi connectivity index (χ2v) is 4.11. The molecule has 1 aromatic rings. The molecule has 1 saturated heterocycles. The number of hydrogen-bond acceptors (Lipinski definition) is 4. The van der Waals surface area contributed by atoms with Crippen LogP contribution in [-0.4, -0.2) is 29.9 Å². The highest BCUT2D eigenvalue weighted by Gasteiger charge is 2.16. The van der Waals surface area contributed by atoms with Gasteiger partial charge >= 0.3 is 0 Å². The molecule has 1 fully saturated rings. The second kappa shape index (κ2) is 5.30. The molecule has 0 aromatic heterocycles. The summed E-state index contributed by atoms with van der Waals surface area (Å²) in [5.74, 6) is 0. The van der Waals surface area contributed by atoms with Crippen LogP contribution >= 0.6 is 0 Å². The predicted molar refractivity (Wildman–Crippen MR) is 62.6 cm³/mol. The summed E-state index contributed by atoms with van der Waals surface area (Å²) in [5.41, 5.74) is 7.19. The van der Waals surface area contributed by atoms with E-state index in [9.17, 15) is 5.11 Å². The Labute approximate surface area is 95.6 Å². The minimum absolute atomic E-state index is 0.503. The number of nitrogen functional groups attached to an aromatic ring is 1. The van der Waals surface area contributed by atoms with Gasteiger partial charge in [0.05, 0.1) is 19.3 Å². The first-order chi connectivity index (χ1) is 7.75. The average molecular weight is 222 g/mol. The average Bonchev–Trinajstić information content (AvgIpc) is 2.30. The summed E-state index contributed by atoms with van der Waals surface area (Å²) in [6, 6.07) is 7.35. The van der Waals surface area contributed by atoms with Gasteiger partial charge in [-0.1, -0.05) is 12.1 Å². The Bertz CT molecular complexity index is 338. The van der Waals surface area contributed by atoms with Crippen LogP contribution in [0.3, 0.4) is 0 Å². The van der Waals surface area contributed by atoms with Gasteiger partial charge in [0, 0.05) is 12.2 Å². The van der Waals surface area contributed by atoms with E-state index >= 15 is 0 Å². The highest BCUT2D eigenvalue weighted by molar-refractivity contribution is 5.41. The third-order valence-corrected chi connectivity index (χ3v) is 2.75. The van der Waals surface area contributed by atoms with Gasteiger partial charge < -0.3 is 10.8 Å². The van der Waals surface area contributed by atoms with Crippen molar-refractivity contribution < 1.29 is 9.94 Å². The number of rotatable bonds is 3. The lowest BCUT2D eigenvalue weighted by atomic mass is 10.1. The fourth-order valence-corrected chi connectivity index (χ4v) is 1.86. The fraction of sp³-hybridized carbons (Fsp3) is 0.500. The van der Waals surface area contributed by atoms with Gasteiger partial charge in [0.15, 0.2) is 0 Å². The van der Waals surface area contributed by atoms with Gasteiger partial charge in [0.2, 0.25) is 0 Å². The zero-order valence-electron chi connectivity index (χ0n) is 9.30. The van der Waals surface area contributed by atoms with E-state index in [1.807, 2.05) is 23.3 Å². The van der Waals surface area contributed by atoms with E-state index in [2.05, 4.69) is 0 Å². The number of aliphatic hydroxyl groups is 1. The molecule has 3 N–H and O–H groups in total. The van der Waals surface area contributed by atoms with Crippen molar-refractivity contribution in [3.63, 3.8) is 0 Å². The maximum Gasteiger partial charge on any atom is 0.0941 e. The van der Waals surface area contributed by atoms with Crippen LogP contribution in [-0.2, 0) is 4.84 Å². The topological polar surface area (TPSA) is 58.7 Å². The highest BCUT2D eigenvalue weighted by Crippen LogP contribution is 2.18. The van der Waals surface area contributed by atoms with E-state index in [0.717, 1.165) is 31.6 Å². The van der Waals surface area contributed by atoms with Crippen LogP contribution in [0.2, 0.25) is 0 Å². The predicted octanol–water partition coefficient (Wildman–Crippen LogP) is 1.33. The summed E-state index contributed by atoms with van der Waals surface area (Å²) in [4.78, 5) is 5.44. The van der Waals surface area contributed by atoms with E-state index in [-0.39, 0.29) is 0 Å². The number of nitrogens with two attached hydrogens (primary N) is 1. The lowest BCUT2D eigenvalue weighted by molar-refractivity contribution is -0.193. The Morgan fingerprint density at radius 2 is 2.31 bits per heavy atom. The number of nitrogens with zero attached hydrogens (tertiary/aromatic N) is 1. The van der Waals surface area contributed by atoms with Gasteiger partial charge in [-0.25, -0.2) is 0 Å². The fourth-order valence-electron chi connectivity index (χ4n) is 1.86. The van der Waals surface area contributed by atoms with E-state index in [1.165, 1.54) is 0 Å². The molecule has 0 bridgehead atoms. The number of aliphatic hydroxyl groups excluding tert-OH is 1. The van der Waals surface area contributed by atoms with Crippen molar-refractivity contribution >= 4 is 5.69 Å². The Balaban J connectivity index is 1.94. The van der Waals surface area contributed by atoms with Crippen LogP contribution in [0.5, 0.6) is 0 Å². The first-order valence-corrected chi connectivity index (χ1v) is 5.67. The molecule has 4 nitrogen and oxygen atoms in total. The highest BCUT2D eigenvalue weighted by atomic mass is 16.7. The van der Waals surface area contributed by atoms with Gasteiger partial charge in [-0.2, -0.15) is 5.06 Å². The zero-order chi connectivity index (χ0) is 11.4. The minimum atomic E-state index is -0.540. The van der Waals surface area contributed by atoms with Crippen molar-refractivity contribution in [1.82, 2.24) is 5.06 Å². The molecule has 16 heavy (non-hydrogen) atoms. The zero-order valence-corrected chi connectivity index (χ0v) is 9.30. The molecule has 4 heteroatoms. The molecule has 1 aliphatic heterocycles. The molecule has 0 radical (unpaired) electrons. The monoisotopic (exact) mass is 222 g/mol. The van der Waals surface area contributed by atoms with E-state index in [4.69, 9.17) is 10.6 Å². The molecular weight excluding hydrogens is 204 g/mol. The first kappa shape index (κ1) is 11.4. The lowest BCUT2D eigenvalue weighted by Gasteiger charge is -2.28. The summed E-state index contributed by atoms with van der Waals surface area (Å²) in [7, 11) is 0. The summed E-state index contributed by atoms with van der Waals surface area (Å²) >= 11 is 0. The summed E-state index contributed by atoms with van der Waals surface area (Å²) in [6.45, 7) is 2.15. The van der Waals surface area contributed by atoms with Crippen molar-refractivity contribution in [2.45, 2.75) is 18.9 Å². The smallest absolute Gasteiger partial charge is 0.0941 e. The Morgan fingerprint density at radius 3 is 3.00 bits per heavy atom. The number of hydrogen-bond donors (Lipinski definition) is 2. The summed E-state index contributed by atoms with van der Waals surface area (Å²) in [5, 5.41) is 11.9. The van der Waals surface area contributed by atoms with Gasteiger partial charge in [-0.05, 0) is 30.5 Å². The maximum absolute atomic E-state index is 10.0. The molecule has 0 saturated carbocycles. The van der Waals surface area contributed by atoms with Crippen molar-refractivity contribution in [2.75, 3.05) is 25.4 Å². The molecule has 2 rings (SSSR count). The number of hydroxylamine groups is 2. The number of β-amino-alcohol motifs (C(OH)–C–C–N with tert-alkyl or cyclic N) is 1. The maximum atomic E-state index is 10.0. The molecular formula is C12H18N2O2. The van der Waals surface area contributed by atoms with E-state index in [1.54, 1.807) is 6.07 Å². The molecule has 1 unspecified atom stereocenters. The summed E-state index contributed by atoms with van der Waals surface area (Å²) < 4.78 is 0. The number of benzene rings is 1. The lowest BCUT2D eigenvalue weighted by Crippen LogP contribution is -2.33. The number of anilines is 1. The third kappa shape index (κ3) is 2.95. The molecule has 88 valence electrons. The van der Waals surface area contributed by atoms with Crippen LogP contribution < -0.4 is 5.73 Å². The molecule has 1 aromatic carbocycles. The van der Waals surface area contributed by atoms with Gasteiger partial charge in [-0.15, -0.1) is 0 Å². The van der Waals surface area contributed by atoms with Crippen LogP contribution in [0.25, 0.3) is 0 Å². The minimum Gasteiger partial charge on any atom is -0.399 e.